The van der Waals surface area contributed by atoms with Crippen molar-refractivity contribution in [3.8, 4) is 6.07 Å². The first-order valence-corrected chi connectivity index (χ1v) is 9.06. The van der Waals surface area contributed by atoms with E-state index in [0.717, 1.165) is 31.2 Å². The smallest absolute Gasteiger partial charge is 0.236 e. The van der Waals surface area contributed by atoms with Gasteiger partial charge in [-0.15, -0.1) is 0 Å². The van der Waals surface area contributed by atoms with Gasteiger partial charge in [-0.2, -0.15) is 5.26 Å². The molecule has 0 spiro atoms. The van der Waals surface area contributed by atoms with E-state index >= 15 is 0 Å². The Morgan fingerprint density at radius 2 is 1.88 bits per heavy atom. The number of hydrogen-bond donors (Lipinski definition) is 1. The Kier molecular flexibility index (Phi) is 7.00. The largest absolute Gasteiger partial charge is 0.369 e. The first kappa shape index (κ1) is 19.0. The van der Waals surface area contributed by atoms with Gasteiger partial charge < -0.3 is 10.6 Å². The number of primary amides is 1. The molecule has 0 aliphatic heterocycles. The predicted octanol–water partition coefficient (Wildman–Crippen LogP) is 3.17. The molecular formula is C20H27N3O2. The van der Waals surface area contributed by atoms with Crippen LogP contribution >= 0.6 is 0 Å². The first-order chi connectivity index (χ1) is 12.0. The van der Waals surface area contributed by atoms with E-state index in [1.54, 1.807) is 0 Å². The summed E-state index contributed by atoms with van der Waals surface area (Å²) in [5, 5.41) is 9.16. The Labute approximate surface area is 149 Å². The third-order valence-corrected chi connectivity index (χ3v) is 5.21. The summed E-state index contributed by atoms with van der Waals surface area (Å²) in [6, 6.07) is 11.3. The van der Waals surface area contributed by atoms with Crippen molar-refractivity contribution in [3.05, 3.63) is 35.9 Å². The van der Waals surface area contributed by atoms with Crippen molar-refractivity contribution in [3.63, 3.8) is 0 Å². The van der Waals surface area contributed by atoms with Gasteiger partial charge in [0.05, 0.1) is 12.1 Å². The van der Waals surface area contributed by atoms with Crippen LogP contribution in [0.1, 0.15) is 57.1 Å². The number of nitriles is 1. The predicted molar refractivity (Wildman–Crippen MR) is 96.1 cm³/mol. The Hall–Kier alpha value is -2.35. The molecule has 134 valence electrons. The summed E-state index contributed by atoms with van der Waals surface area (Å²) in [6.07, 6.45) is 6.10. The molecule has 25 heavy (non-hydrogen) atoms. The second kappa shape index (κ2) is 9.22. The molecule has 2 atom stereocenters. The molecule has 2 amide bonds. The molecule has 2 rings (SSSR count). The topological polar surface area (TPSA) is 87.2 Å². The van der Waals surface area contributed by atoms with E-state index in [2.05, 4.69) is 0 Å². The first-order valence-electron chi connectivity index (χ1n) is 9.06. The molecule has 0 aromatic heterocycles. The molecule has 1 aliphatic carbocycles. The monoisotopic (exact) mass is 341 g/mol. The normalized spacial score (nSPS) is 17.3. The van der Waals surface area contributed by atoms with Crippen molar-refractivity contribution in [1.82, 2.24) is 4.90 Å². The summed E-state index contributed by atoms with van der Waals surface area (Å²) in [5.41, 5.74) is 6.50. The van der Waals surface area contributed by atoms with Gasteiger partial charge in [-0.25, -0.2) is 0 Å². The number of nitrogens with two attached hydrogens (primary N) is 1. The fourth-order valence-electron chi connectivity index (χ4n) is 3.69. The maximum absolute atomic E-state index is 13.0. The van der Waals surface area contributed by atoms with Crippen LogP contribution < -0.4 is 5.73 Å². The minimum Gasteiger partial charge on any atom is -0.369 e. The number of amides is 2. The molecule has 2 unspecified atom stereocenters. The Morgan fingerprint density at radius 3 is 2.44 bits per heavy atom. The number of carbonyl (C=O) groups excluding carboxylic acids is 2. The van der Waals surface area contributed by atoms with Gasteiger partial charge in [-0.3, -0.25) is 9.59 Å². The SMILES string of the molecule is CC(c1ccccc1)N(CC#N)C(=O)C(CC1CCCCC1)C(N)=O. The average molecular weight is 341 g/mol. The van der Waals surface area contributed by atoms with Crippen molar-refractivity contribution in [2.75, 3.05) is 6.54 Å². The summed E-state index contributed by atoms with van der Waals surface area (Å²) >= 11 is 0. The van der Waals surface area contributed by atoms with Crippen LogP contribution in [0.5, 0.6) is 0 Å². The molecule has 2 N–H and O–H groups in total. The summed E-state index contributed by atoms with van der Waals surface area (Å²) in [6.45, 7) is 1.83. The molecule has 0 radical (unpaired) electrons. The summed E-state index contributed by atoms with van der Waals surface area (Å²) < 4.78 is 0. The number of hydrogen-bond acceptors (Lipinski definition) is 3. The highest BCUT2D eigenvalue weighted by molar-refractivity contribution is 5.99. The zero-order chi connectivity index (χ0) is 18.2. The molecule has 0 bridgehead atoms. The number of benzene rings is 1. The summed E-state index contributed by atoms with van der Waals surface area (Å²) in [4.78, 5) is 26.5. The lowest BCUT2D eigenvalue weighted by Gasteiger charge is -2.32. The van der Waals surface area contributed by atoms with Gasteiger partial charge >= 0.3 is 0 Å². The lowest BCUT2D eigenvalue weighted by atomic mass is 9.82. The molecule has 0 heterocycles. The lowest BCUT2D eigenvalue weighted by molar-refractivity contribution is -0.143. The van der Waals surface area contributed by atoms with Crippen LogP contribution in [0.15, 0.2) is 30.3 Å². The molecule has 1 aliphatic rings. The third kappa shape index (κ3) is 5.06. The Morgan fingerprint density at radius 1 is 1.24 bits per heavy atom. The van der Waals surface area contributed by atoms with Crippen LogP contribution in [0.3, 0.4) is 0 Å². The molecular weight excluding hydrogens is 314 g/mol. The molecule has 1 aromatic carbocycles. The second-order valence-corrected chi connectivity index (χ2v) is 6.91. The summed E-state index contributed by atoms with van der Waals surface area (Å²) in [5.74, 6) is -1.39. The maximum Gasteiger partial charge on any atom is 0.236 e. The van der Waals surface area contributed by atoms with Gasteiger partial charge in [0.1, 0.15) is 12.5 Å². The van der Waals surface area contributed by atoms with E-state index in [9.17, 15) is 9.59 Å². The van der Waals surface area contributed by atoms with Crippen LogP contribution in [0.4, 0.5) is 0 Å². The van der Waals surface area contributed by atoms with E-state index in [1.165, 1.54) is 11.3 Å². The minimum absolute atomic E-state index is 0.0522. The fourth-order valence-corrected chi connectivity index (χ4v) is 3.69. The highest BCUT2D eigenvalue weighted by Crippen LogP contribution is 2.31. The Balaban J connectivity index is 2.17. The van der Waals surface area contributed by atoms with Crippen molar-refractivity contribution >= 4 is 11.8 Å². The molecule has 1 saturated carbocycles. The molecule has 5 nitrogen and oxygen atoms in total. The second-order valence-electron chi connectivity index (χ2n) is 6.91. The van der Waals surface area contributed by atoms with Crippen molar-refractivity contribution < 1.29 is 9.59 Å². The lowest BCUT2D eigenvalue weighted by Crippen LogP contribution is -2.44. The molecule has 0 saturated heterocycles. The standard InChI is InChI=1S/C20H27N3O2/c1-15(17-10-6-3-7-11-17)23(13-12-21)20(25)18(19(22)24)14-16-8-4-2-5-9-16/h3,6-7,10-11,15-16,18H,2,4-5,8-9,13-14H2,1H3,(H2,22,24). The number of rotatable bonds is 7. The quantitative estimate of drug-likeness (QED) is 0.610. The van der Waals surface area contributed by atoms with Crippen molar-refractivity contribution in [2.45, 2.75) is 51.5 Å². The van der Waals surface area contributed by atoms with Gasteiger partial charge in [0.15, 0.2) is 0 Å². The van der Waals surface area contributed by atoms with Crippen LogP contribution in [0, 0.1) is 23.2 Å². The van der Waals surface area contributed by atoms with Crippen LogP contribution in [0.2, 0.25) is 0 Å². The molecule has 1 aromatic rings. The zero-order valence-corrected chi connectivity index (χ0v) is 14.9. The number of nitrogens with zero attached hydrogens (tertiary/aromatic N) is 2. The van der Waals surface area contributed by atoms with Gasteiger partial charge in [0.25, 0.3) is 0 Å². The molecule has 1 fully saturated rings. The van der Waals surface area contributed by atoms with E-state index in [4.69, 9.17) is 11.0 Å². The van der Waals surface area contributed by atoms with E-state index in [1.807, 2.05) is 43.3 Å². The van der Waals surface area contributed by atoms with Gasteiger partial charge in [0, 0.05) is 0 Å². The minimum atomic E-state index is -0.845. The number of carbonyl (C=O) groups is 2. The highest BCUT2D eigenvalue weighted by Gasteiger charge is 2.34. The van der Waals surface area contributed by atoms with Crippen LogP contribution in [-0.4, -0.2) is 23.3 Å². The zero-order valence-electron chi connectivity index (χ0n) is 14.9. The van der Waals surface area contributed by atoms with Crippen LogP contribution in [-0.2, 0) is 9.59 Å². The molecule has 5 heteroatoms. The summed E-state index contributed by atoms with van der Waals surface area (Å²) in [7, 11) is 0. The fraction of sp³-hybridized carbons (Fsp3) is 0.550. The van der Waals surface area contributed by atoms with E-state index < -0.39 is 11.8 Å². The third-order valence-electron chi connectivity index (χ3n) is 5.21. The van der Waals surface area contributed by atoms with Gasteiger partial charge in [-0.1, -0.05) is 62.4 Å². The van der Waals surface area contributed by atoms with Crippen molar-refractivity contribution in [1.29, 1.82) is 5.26 Å². The van der Waals surface area contributed by atoms with Crippen LogP contribution in [0.25, 0.3) is 0 Å². The van der Waals surface area contributed by atoms with E-state index in [0.29, 0.717) is 12.3 Å². The van der Waals surface area contributed by atoms with Gasteiger partial charge in [0.2, 0.25) is 11.8 Å². The average Bonchev–Trinajstić information content (AvgIpc) is 2.64. The van der Waals surface area contributed by atoms with Crippen molar-refractivity contribution in [2.24, 2.45) is 17.6 Å². The maximum atomic E-state index is 13.0. The Bertz CT molecular complexity index is 618. The van der Waals surface area contributed by atoms with E-state index in [-0.39, 0.29) is 18.5 Å². The van der Waals surface area contributed by atoms with Gasteiger partial charge in [-0.05, 0) is 24.8 Å². The highest BCUT2D eigenvalue weighted by atomic mass is 16.2.